The van der Waals surface area contributed by atoms with Crippen molar-refractivity contribution in [3.8, 4) is 23.8 Å². The van der Waals surface area contributed by atoms with Crippen molar-refractivity contribution in [2.24, 2.45) is 5.73 Å². The fourth-order valence-electron chi connectivity index (χ4n) is 2.98. The molecule has 0 saturated carbocycles. The van der Waals surface area contributed by atoms with E-state index in [2.05, 4.69) is 12.5 Å². The Kier molecular flexibility index (Phi) is 13.4. The number of nitrogens with two attached hydrogens (primary N) is 1. The Morgan fingerprint density at radius 2 is 1.38 bits per heavy atom. The van der Waals surface area contributed by atoms with Crippen LogP contribution in [0.15, 0.2) is 55.1 Å². The molecule has 2 aromatic rings. The second-order valence-electron chi connectivity index (χ2n) is 7.58. The molecule has 0 saturated heterocycles. The maximum atomic E-state index is 11.5. The smallest absolute Gasteiger partial charge is 0.321 e. The summed E-state index contributed by atoms with van der Waals surface area (Å²) in [6.45, 7) is 4.32. The van der Waals surface area contributed by atoms with Gasteiger partial charge in [-0.2, -0.15) is 0 Å². The summed E-state index contributed by atoms with van der Waals surface area (Å²) in [5.74, 6) is 2.23. The van der Waals surface area contributed by atoms with Crippen LogP contribution in [0.2, 0.25) is 0 Å². The summed E-state index contributed by atoms with van der Waals surface area (Å²) >= 11 is 11.3. The van der Waals surface area contributed by atoms with Gasteiger partial charge in [-0.3, -0.25) is 9.59 Å². The number of rotatable bonds is 16. The van der Waals surface area contributed by atoms with Crippen LogP contribution in [0.3, 0.4) is 0 Å². The summed E-state index contributed by atoms with van der Waals surface area (Å²) in [7, 11) is 0. The summed E-state index contributed by atoms with van der Waals surface area (Å²) < 4.78 is 27.0. The minimum atomic E-state index is -0.651. The van der Waals surface area contributed by atoms with E-state index in [1.54, 1.807) is 24.3 Å². The molecule has 10 heteroatoms. The van der Waals surface area contributed by atoms with Crippen LogP contribution in [0, 0.1) is 12.3 Å². The van der Waals surface area contributed by atoms with Gasteiger partial charge in [0, 0.05) is 0 Å². The van der Waals surface area contributed by atoms with Crippen molar-refractivity contribution in [2.45, 2.75) is 12.2 Å². The standard InChI is InChI=1S/C27H29Cl2NO7/c1-3-12-33-16-25(37-26(31)14-29)18-35-23-10-6-21(7-11-23)19(2)20-4-8-22(9-5-20)34-17-24(13-28)36-27(32)15-30/h1,4-11,24-25H,2,12-18,30H2. The predicted octanol–water partition coefficient (Wildman–Crippen LogP) is 3.42. The van der Waals surface area contributed by atoms with Crippen LogP contribution >= 0.6 is 23.2 Å². The highest BCUT2D eigenvalue weighted by molar-refractivity contribution is 6.26. The first-order chi connectivity index (χ1) is 17.9. The second-order valence-corrected chi connectivity index (χ2v) is 8.16. The number of esters is 2. The molecule has 198 valence electrons. The van der Waals surface area contributed by atoms with Gasteiger partial charge in [-0.15, -0.1) is 29.6 Å². The molecule has 0 spiro atoms. The third-order valence-corrected chi connectivity index (χ3v) is 5.37. The fraction of sp³-hybridized carbons (Fsp3) is 0.333. The van der Waals surface area contributed by atoms with Gasteiger partial charge < -0.3 is 29.4 Å². The number of hydrogen-bond donors (Lipinski definition) is 1. The van der Waals surface area contributed by atoms with Crippen molar-refractivity contribution < 1.29 is 33.3 Å². The van der Waals surface area contributed by atoms with Crippen molar-refractivity contribution in [1.82, 2.24) is 0 Å². The lowest BCUT2D eigenvalue weighted by Gasteiger charge is -2.18. The molecule has 2 aromatic carbocycles. The molecule has 37 heavy (non-hydrogen) atoms. The van der Waals surface area contributed by atoms with Gasteiger partial charge in [0.25, 0.3) is 0 Å². The normalized spacial score (nSPS) is 12.1. The zero-order valence-corrected chi connectivity index (χ0v) is 21.7. The van der Waals surface area contributed by atoms with E-state index < -0.39 is 24.1 Å². The number of carbonyl (C=O) groups excluding carboxylic acids is 2. The number of terminal acetylenes is 1. The Balaban J connectivity index is 1.91. The minimum Gasteiger partial charge on any atom is -0.490 e. The van der Waals surface area contributed by atoms with Crippen molar-refractivity contribution in [3.63, 3.8) is 0 Å². The maximum Gasteiger partial charge on any atom is 0.321 e. The second kappa shape index (κ2) is 16.5. The highest BCUT2D eigenvalue weighted by Crippen LogP contribution is 2.25. The zero-order valence-electron chi connectivity index (χ0n) is 20.2. The van der Waals surface area contributed by atoms with Gasteiger partial charge >= 0.3 is 11.9 Å². The SMILES string of the molecule is C#CCOCC(COc1ccc(C(=C)c2ccc(OCC(CCl)OC(=O)CN)cc2)cc1)OC(=O)CCl. The highest BCUT2D eigenvalue weighted by Gasteiger charge is 2.16. The Morgan fingerprint density at radius 3 is 1.84 bits per heavy atom. The van der Waals surface area contributed by atoms with Gasteiger partial charge in [0.1, 0.15) is 43.3 Å². The molecule has 0 radical (unpaired) electrons. The fourth-order valence-corrected chi connectivity index (χ4v) is 3.19. The topological polar surface area (TPSA) is 106 Å². The lowest BCUT2D eigenvalue weighted by Crippen LogP contribution is -2.30. The van der Waals surface area contributed by atoms with E-state index in [4.69, 9.17) is 59.0 Å². The predicted molar refractivity (Wildman–Crippen MR) is 142 cm³/mol. The molecule has 0 aliphatic heterocycles. The first-order valence-electron chi connectivity index (χ1n) is 11.3. The Hall–Kier alpha value is -3.22. The van der Waals surface area contributed by atoms with Crippen LogP contribution in [-0.4, -0.2) is 68.9 Å². The average Bonchev–Trinajstić information content (AvgIpc) is 2.93. The molecule has 0 heterocycles. The van der Waals surface area contributed by atoms with Crippen molar-refractivity contribution >= 4 is 40.7 Å². The van der Waals surface area contributed by atoms with Crippen LogP contribution in [0.4, 0.5) is 0 Å². The van der Waals surface area contributed by atoms with Crippen LogP contribution in [0.5, 0.6) is 11.5 Å². The van der Waals surface area contributed by atoms with Crippen LogP contribution in [-0.2, 0) is 23.8 Å². The molecular weight excluding hydrogens is 521 g/mol. The zero-order chi connectivity index (χ0) is 27.0. The summed E-state index contributed by atoms with van der Waals surface area (Å²) in [4.78, 5) is 22.8. The molecule has 0 bridgehead atoms. The van der Waals surface area contributed by atoms with Crippen LogP contribution in [0.1, 0.15) is 11.1 Å². The van der Waals surface area contributed by atoms with Gasteiger partial charge in [-0.25, -0.2) is 0 Å². The number of benzene rings is 2. The molecule has 2 unspecified atom stereocenters. The van der Waals surface area contributed by atoms with Gasteiger partial charge in [0.15, 0.2) is 6.10 Å². The minimum absolute atomic E-state index is 0.0744. The van der Waals surface area contributed by atoms with E-state index in [-0.39, 0.29) is 44.7 Å². The first-order valence-corrected chi connectivity index (χ1v) is 12.3. The molecule has 0 aliphatic rings. The molecule has 2 rings (SSSR count). The first kappa shape index (κ1) is 30.0. The molecular formula is C27H29Cl2NO7. The Morgan fingerprint density at radius 1 is 0.865 bits per heavy atom. The Bertz CT molecular complexity index is 1050. The monoisotopic (exact) mass is 549 g/mol. The van der Waals surface area contributed by atoms with E-state index in [1.807, 2.05) is 24.3 Å². The van der Waals surface area contributed by atoms with Gasteiger partial charge in [0.2, 0.25) is 0 Å². The van der Waals surface area contributed by atoms with Crippen molar-refractivity contribution in [3.05, 3.63) is 66.2 Å². The molecule has 2 N–H and O–H groups in total. The number of hydrogen-bond acceptors (Lipinski definition) is 8. The maximum absolute atomic E-state index is 11.5. The van der Waals surface area contributed by atoms with Gasteiger partial charge in [0.05, 0.1) is 19.0 Å². The van der Waals surface area contributed by atoms with Gasteiger partial charge in [-0.1, -0.05) is 36.8 Å². The molecule has 8 nitrogen and oxygen atoms in total. The van der Waals surface area contributed by atoms with E-state index in [1.165, 1.54) is 0 Å². The third kappa shape index (κ3) is 10.7. The number of alkyl halides is 2. The summed E-state index contributed by atoms with van der Waals surface area (Å²) in [5.41, 5.74) is 7.82. The van der Waals surface area contributed by atoms with Crippen molar-refractivity contribution in [2.75, 3.05) is 44.7 Å². The van der Waals surface area contributed by atoms with E-state index in [9.17, 15) is 9.59 Å². The van der Waals surface area contributed by atoms with Gasteiger partial charge in [-0.05, 0) is 41.0 Å². The number of carbonyl (C=O) groups is 2. The van der Waals surface area contributed by atoms with Crippen LogP contribution in [0.25, 0.3) is 5.57 Å². The summed E-state index contributed by atoms with van der Waals surface area (Å²) in [5, 5.41) is 0. The summed E-state index contributed by atoms with van der Waals surface area (Å²) in [6.07, 6.45) is 3.93. The van der Waals surface area contributed by atoms with E-state index in [0.29, 0.717) is 11.5 Å². The largest absolute Gasteiger partial charge is 0.490 e. The molecule has 0 fully saturated rings. The highest BCUT2D eigenvalue weighted by atomic mass is 35.5. The van der Waals surface area contributed by atoms with Crippen molar-refractivity contribution in [1.29, 1.82) is 0 Å². The van der Waals surface area contributed by atoms with E-state index >= 15 is 0 Å². The summed E-state index contributed by atoms with van der Waals surface area (Å²) in [6, 6.07) is 14.6. The lowest BCUT2D eigenvalue weighted by atomic mass is 9.99. The van der Waals surface area contributed by atoms with Crippen LogP contribution < -0.4 is 15.2 Å². The number of ether oxygens (including phenoxy) is 5. The number of halogens is 2. The Labute approximate surface area is 226 Å². The third-order valence-electron chi connectivity index (χ3n) is 4.81. The molecule has 2 atom stereocenters. The molecule has 0 aliphatic carbocycles. The lowest BCUT2D eigenvalue weighted by molar-refractivity contribution is -0.150. The average molecular weight is 550 g/mol. The van der Waals surface area contributed by atoms with E-state index in [0.717, 1.165) is 16.7 Å². The molecule has 0 aromatic heterocycles. The molecule has 0 amide bonds. The quantitative estimate of drug-likeness (QED) is 0.147.